The molecule has 1 aromatic carbocycles. The van der Waals surface area contributed by atoms with Crippen LogP contribution >= 0.6 is 11.6 Å². The third-order valence-corrected chi connectivity index (χ3v) is 4.92. The molecule has 3 N–H and O–H groups in total. The Labute approximate surface area is 108 Å². The van der Waals surface area contributed by atoms with Crippen LogP contribution in [0, 0.1) is 17.8 Å². The van der Waals surface area contributed by atoms with Crippen molar-refractivity contribution in [2.45, 2.75) is 31.7 Å². The van der Waals surface area contributed by atoms with Gasteiger partial charge in [0.15, 0.2) is 0 Å². The van der Waals surface area contributed by atoms with Gasteiger partial charge in [0, 0.05) is 11.1 Å². The Balaban J connectivity index is 1.69. The standard InChI is InChI=1S/C14H19ClN2/c15-12-7-2-1-4-9(12)8-13(17-16)14-10-5-3-6-11(10)14/h1-2,4,7,10-11,13-14,17H,3,5-6,8,16H2. The van der Waals surface area contributed by atoms with Gasteiger partial charge in [-0.05, 0) is 48.6 Å². The third-order valence-electron chi connectivity index (χ3n) is 4.55. The highest BCUT2D eigenvalue weighted by Crippen LogP contribution is 2.59. The van der Waals surface area contributed by atoms with E-state index in [-0.39, 0.29) is 0 Å². The second kappa shape index (κ2) is 4.60. The van der Waals surface area contributed by atoms with E-state index in [9.17, 15) is 0 Å². The number of nitrogens with two attached hydrogens (primary N) is 1. The number of hydrogen-bond donors (Lipinski definition) is 2. The SMILES string of the molecule is NNC(Cc1ccccc1Cl)C1C2CCCC21. The van der Waals surface area contributed by atoms with Gasteiger partial charge in [0.1, 0.15) is 0 Å². The lowest BCUT2D eigenvalue weighted by Crippen LogP contribution is -2.39. The van der Waals surface area contributed by atoms with Gasteiger partial charge >= 0.3 is 0 Å². The predicted octanol–water partition coefficient (Wildman–Crippen LogP) is 2.76. The first-order valence-corrected chi connectivity index (χ1v) is 6.88. The van der Waals surface area contributed by atoms with Crippen molar-refractivity contribution in [1.82, 2.24) is 5.43 Å². The monoisotopic (exact) mass is 250 g/mol. The van der Waals surface area contributed by atoms with Gasteiger partial charge < -0.3 is 0 Å². The van der Waals surface area contributed by atoms with E-state index in [0.29, 0.717) is 6.04 Å². The van der Waals surface area contributed by atoms with Crippen LogP contribution in [0.15, 0.2) is 24.3 Å². The molecule has 0 heterocycles. The van der Waals surface area contributed by atoms with E-state index in [0.717, 1.165) is 29.2 Å². The van der Waals surface area contributed by atoms with Crippen LogP contribution in [0.4, 0.5) is 0 Å². The molecule has 0 spiro atoms. The largest absolute Gasteiger partial charge is 0.271 e. The summed E-state index contributed by atoms with van der Waals surface area (Å²) in [5.41, 5.74) is 4.22. The Morgan fingerprint density at radius 1 is 1.29 bits per heavy atom. The van der Waals surface area contributed by atoms with Crippen molar-refractivity contribution in [3.63, 3.8) is 0 Å². The maximum atomic E-state index is 6.20. The summed E-state index contributed by atoms with van der Waals surface area (Å²) >= 11 is 6.20. The molecule has 2 nitrogen and oxygen atoms in total. The van der Waals surface area contributed by atoms with Crippen LogP contribution in [0.25, 0.3) is 0 Å². The first-order chi connectivity index (χ1) is 8.31. The maximum absolute atomic E-state index is 6.20. The van der Waals surface area contributed by atoms with Crippen molar-refractivity contribution in [1.29, 1.82) is 0 Å². The van der Waals surface area contributed by atoms with E-state index >= 15 is 0 Å². The molecule has 0 aromatic heterocycles. The van der Waals surface area contributed by atoms with Gasteiger partial charge in [0.25, 0.3) is 0 Å². The highest BCUT2D eigenvalue weighted by atomic mass is 35.5. The van der Waals surface area contributed by atoms with E-state index in [2.05, 4.69) is 11.5 Å². The quantitative estimate of drug-likeness (QED) is 0.637. The topological polar surface area (TPSA) is 38.0 Å². The molecule has 3 unspecified atom stereocenters. The zero-order valence-corrected chi connectivity index (χ0v) is 10.7. The lowest BCUT2D eigenvalue weighted by atomic mass is 9.98. The summed E-state index contributed by atoms with van der Waals surface area (Å²) in [7, 11) is 0. The van der Waals surface area contributed by atoms with Crippen LogP contribution in [-0.4, -0.2) is 6.04 Å². The summed E-state index contributed by atoms with van der Waals surface area (Å²) in [5.74, 6) is 8.36. The first kappa shape index (κ1) is 11.5. The average Bonchev–Trinajstić information content (AvgIpc) is 2.82. The van der Waals surface area contributed by atoms with E-state index in [1.807, 2.05) is 18.2 Å². The molecule has 92 valence electrons. The van der Waals surface area contributed by atoms with Crippen LogP contribution < -0.4 is 11.3 Å². The highest BCUT2D eigenvalue weighted by Gasteiger charge is 2.55. The van der Waals surface area contributed by atoms with Crippen molar-refractivity contribution in [3.05, 3.63) is 34.9 Å². The summed E-state index contributed by atoms with van der Waals surface area (Å²) in [5, 5.41) is 0.860. The number of rotatable bonds is 4. The Kier molecular flexibility index (Phi) is 3.12. The fourth-order valence-corrected chi connectivity index (χ4v) is 3.89. The molecular weight excluding hydrogens is 232 g/mol. The second-order valence-corrected chi connectivity index (χ2v) is 5.81. The molecule has 0 amide bonds. The molecule has 3 rings (SSSR count). The number of hydrogen-bond acceptors (Lipinski definition) is 2. The van der Waals surface area contributed by atoms with Gasteiger partial charge in [0.05, 0.1) is 0 Å². The predicted molar refractivity (Wildman–Crippen MR) is 70.6 cm³/mol. The van der Waals surface area contributed by atoms with Gasteiger partial charge in [-0.15, -0.1) is 0 Å². The maximum Gasteiger partial charge on any atom is 0.0438 e. The molecule has 0 saturated heterocycles. The number of fused-ring (bicyclic) bond motifs is 1. The molecule has 1 aromatic rings. The minimum Gasteiger partial charge on any atom is -0.271 e. The molecule has 2 aliphatic rings. The summed E-state index contributed by atoms with van der Waals surface area (Å²) in [6.45, 7) is 0. The van der Waals surface area contributed by atoms with Gasteiger partial charge in [-0.25, -0.2) is 0 Å². The summed E-state index contributed by atoms with van der Waals surface area (Å²) in [6, 6.07) is 8.47. The molecule has 0 bridgehead atoms. The van der Waals surface area contributed by atoms with Crippen LogP contribution in [0.3, 0.4) is 0 Å². The molecule has 0 aliphatic heterocycles. The van der Waals surface area contributed by atoms with E-state index < -0.39 is 0 Å². The van der Waals surface area contributed by atoms with Crippen molar-refractivity contribution < 1.29 is 0 Å². The fraction of sp³-hybridized carbons (Fsp3) is 0.571. The Bertz CT molecular complexity index is 397. The minimum atomic E-state index is 0.394. The zero-order chi connectivity index (χ0) is 11.8. The van der Waals surface area contributed by atoms with Crippen molar-refractivity contribution in [2.75, 3.05) is 0 Å². The normalized spacial score (nSPS) is 32.2. The minimum absolute atomic E-state index is 0.394. The van der Waals surface area contributed by atoms with Crippen LogP contribution in [-0.2, 0) is 6.42 Å². The average molecular weight is 251 g/mol. The second-order valence-electron chi connectivity index (χ2n) is 5.40. The van der Waals surface area contributed by atoms with Gasteiger partial charge in [0.2, 0.25) is 0 Å². The van der Waals surface area contributed by atoms with Crippen LogP contribution in [0.2, 0.25) is 5.02 Å². The molecular formula is C14H19ClN2. The van der Waals surface area contributed by atoms with E-state index in [1.54, 1.807) is 0 Å². The van der Waals surface area contributed by atoms with Gasteiger partial charge in [-0.2, -0.15) is 0 Å². The van der Waals surface area contributed by atoms with E-state index in [4.69, 9.17) is 17.4 Å². The van der Waals surface area contributed by atoms with Crippen molar-refractivity contribution in [2.24, 2.45) is 23.6 Å². The summed E-state index contributed by atoms with van der Waals surface area (Å²) in [4.78, 5) is 0. The number of halogens is 1. The highest BCUT2D eigenvalue weighted by molar-refractivity contribution is 6.31. The van der Waals surface area contributed by atoms with Crippen LogP contribution in [0.1, 0.15) is 24.8 Å². The summed E-state index contributed by atoms with van der Waals surface area (Å²) in [6.07, 6.45) is 5.16. The fourth-order valence-electron chi connectivity index (χ4n) is 3.68. The van der Waals surface area contributed by atoms with Gasteiger partial charge in [-0.3, -0.25) is 11.3 Å². The zero-order valence-electron chi connectivity index (χ0n) is 9.90. The number of nitrogens with one attached hydrogen (secondary N) is 1. The smallest absolute Gasteiger partial charge is 0.0438 e. The Morgan fingerprint density at radius 2 is 2.00 bits per heavy atom. The Hall–Kier alpha value is -0.570. The molecule has 17 heavy (non-hydrogen) atoms. The first-order valence-electron chi connectivity index (χ1n) is 6.51. The van der Waals surface area contributed by atoms with Crippen molar-refractivity contribution in [3.8, 4) is 0 Å². The number of benzene rings is 1. The molecule has 2 saturated carbocycles. The molecule has 3 heteroatoms. The molecule has 2 aliphatic carbocycles. The molecule has 2 fully saturated rings. The lowest BCUT2D eigenvalue weighted by Gasteiger charge is -2.18. The summed E-state index contributed by atoms with van der Waals surface area (Å²) < 4.78 is 0. The van der Waals surface area contributed by atoms with E-state index in [1.165, 1.54) is 24.8 Å². The van der Waals surface area contributed by atoms with Crippen molar-refractivity contribution >= 4 is 11.6 Å². The molecule has 3 atom stereocenters. The molecule has 0 radical (unpaired) electrons. The number of hydrazine groups is 1. The third kappa shape index (κ3) is 2.10. The van der Waals surface area contributed by atoms with Gasteiger partial charge in [-0.1, -0.05) is 36.2 Å². The van der Waals surface area contributed by atoms with Crippen LogP contribution in [0.5, 0.6) is 0 Å². The lowest BCUT2D eigenvalue weighted by molar-refractivity contribution is 0.410. The Morgan fingerprint density at radius 3 is 2.65 bits per heavy atom.